The normalized spacial score (nSPS) is 11.8. The molecule has 128 valence electrons. The quantitative estimate of drug-likeness (QED) is 0.799. The second-order valence-electron chi connectivity index (χ2n) is 6.59. The molecule has 0 aliphatic carbocycles. The number of phenols is 2. The Labute approximate surface area is 144 Å². The minimum Gasteiger partial charge on any atom is -0.508 e. The van der Waals surface area contributed by atoms with E-state index in [9.17, 15) is 10.2 Å². The van der Waals surface area contributed by atoms with Gasteiger partial charge < -0.3 is 20.0 Å². The van der Waals surface area contributed by atoms with E-state index in [1.54, 1.807) is 12.1 Å². The number of nitrogens with zero attached hydrogens (tertiary/aromatic N) is 2. The molecule has 4 heteroatoms. The van der Waals surface area contributed by atoms with Gasteiger partial charge in [0.25, 0.3) is 0 Å². The third kappa shape index (κ3) is 5.11. The van der Waals surface area contributed by atoms with Gasteiger partial charge in [-0.05, 0) is 63.6 Å². The Morgan fingerprint density at radius 1 is 0.708 bits per heavy atom. The van der Waals surface area contributed by atoms with Gasteiger partial charge >= 0.3 is 0 Å². The molecule has 0 fully saturated rings. The maximum atomic E-state index is 9.94. The van der Waals surface area contributed by atoms with Crippen molar-refractivity contribution in [1.29, 1.82) is 0 Å². The van der Waals surface area contributed by atoms with Crippen LogP contribution in [-0.4, -0.2) is 48.2 Å². The summed E-state index contributed by atoms with van der Waals surface area (Å²) < 4.78 is 0. The Morgan fingerprint density at radius 2 is 1.08 bits per heavy atom. The van der Waals surface area contributed by atoms with Crippen molar-refractivity contribution in [2.24, 2.45) is 0 Å². The van der Waals surface area contributed by atoms with Crippen LogP contribution in [-0.2, 0) is 13.1 Å². The molecule has 0 saturated carbocycles. The lowest BCUT2D eigenvalue weighted by Gasteiger charge is -2.12. The van der Waals surface area contributed by atoms with Crippen LogP contribution in [0.5, 0.6) is 11.5 Å². The minimum absolute atomic E-state index is 0.318. The topological polar surface area (TPSA) is 46.9 Å². The van der Waals surface area contributed by atoms with E-state index in [0.717, 1.165) is 22.3 Å². The first-order valence-corrected chi connectivity index (χ1v) is 7.96. The van der Waals surface area contributed by atoms with Crippen LogP contribution in [0, 0.1) is 0 Å². The monoisotopic (exact) mass is 326 g/mol. The zero-order chi connectivity index (χ0) is 17.7. The van der Waals surface area contributed by atoms with E-state index in [2.05, 4.69) is 0 Å². The van der Waals surface area contributed by atoms with Crippen LogP contribution < -0.4 is 0 Å². The van der Waals surface area contributed by atoms with Crippen molar-refractivity contribution in [3.05, 3.63) is 58.7 Å². The van der Waals surface area contributed by atoms with Gasteiger partial charge in [0.1, 0.15) is 11.5 Å². The molecule has 0 unspecified atom stereocenters. The summed E-state index contributed by atoms with van der Waals surface area (Å²) in [6, 6.07) is 11.2. The third-order valence-electron chi connectivity index (χ3n) is 3.65. The molecule has 0 aliphatic rings. The summed E-state index contributed by atoms with van der Waals surface area (Å²) in [5.41, 5.74) is 3.88. The zero-order valence-electron chi connectivity index (χ0n) is 14.8. The molecule has 0 atom stereocenters. The van der Waals surface area contributed by atoms with Crippen molar-refractivity contribution in [3.8, 4) is 11.5 Å². The van der Waals surface area contributed by atoms with E-state index in [1.807, 2.05) is 74.4 Å². The Hall–Kier alpha value is -2.30. The summed E-state index contributed by atoms with van der Waals surface area (Å²) in [7, 11) is 7.91. The molecule has 0 aliphatic heterocycles. The van der Waals surface area contributed by atoms with Crippen LogP contribution in [0.15, 0.2) is 36.4 Å². The summed E-state index contributed by atoms with van der Waals surface area (Å²) in [4.78, 5) is 4.05. The summed E-state index contributed by atoms with van der Waals surface area (Å²) >= 11 is 0. The van der Waals surface area contributed by atoms with Gasteiger partial charge in [-0.25, -0.2) is 0 Å². The predicted molar refractivity (Wildman–Crippen MR) is 99.9 cm³/mol. The predicted octanol–water partition coefficient (Wildman–Crippen LogP) is 3.39. The van der Waals surface area contributed by atoms with E-state index in [-0.39, 0.29) is 0 Å². The number of phenolic OH excluding ortho intramolecular Hbond substituents is 2. The minimum atomic E-state index is 0.318. The molecule has 2 aromatic rings. The van der Waals surface area contributed by atoms with E-state index in [0.29, 0.717) is 24.6 Å². The van der Waals surface area contributed by atoms with Gasteiger partial charge in [0.2, 0.25) is 0 Å². The third-order valence-corrected chi connectivity index (χ3v) is 3.65. The summed E-state index contributed by atoms with van der Waals surface area (Å²) in [5, 5.41) is 19.9. The molecule has 2 rings (SSSR count). The highest BCUT2D eigenvalue weighted by atomic mass is 16.3. The van der Waals surface area contributed by atoms with Crippen molar-refractivity contribution < 1.29 is 10.2 Å². The molecule has 0 heterocycles. The van der Waals surface area contributed by atoms with Crippen molar-refractivity contribution in [1.82, 2.24) is 9.80 Å². The number of aromatic hydroxyl groups is 2. The van der Waals surface area contributed by atoms with Crippen LogP contribution in [0.2, 0.25) is 0 Å². The lowest BCUT2D eigenvalue weighted by atomic mass is 10.1. The molecule has 2 aromatic carbocycles. The van der Waals surface area contributed by atoms with Gasteiger partial charge in [-0.2, -0.15) is 0 Å². The second kappa shape index (κ2) is 7.99. The van der Waals surface area contributed by atoms with E-state index in [1.165, 1.54) is 0 Å². The Bertz CT molecular complexity index is 660. The van der Waals surface area contributed by atoms with Crippen molar-refractivity contribution in [2.75, 3.05) is 28.2 Å². The molecular weight excluding hydrogens is 300 g/mol. The number of benzene rings is 2. The summed E-state index contributed by atoms with van der Waals surface area (Å²) in [6.07, 6.45) is 4.04. The SMILES string of the molecule is CN(C)Cc1cc(/C=C\c2ccc(O)c(CN(C)C)c2)ccc1O. The fraction of sp³-hybridized carbons (Fsp3) is 0.300. The highest BCUT2D eigenvalue weighted by Gasteiger charge is 2.04. The van der Waals surface area contributed by atoms with Gasteiger partial charge in [0.05, 0.1) is 0 Å². The fourth-order valence-corrected chi connectivity index (χ4v) is 2.55. The van der Waals surface area contributed by atoms with Crippen molar-refractivity contribution in [3.63, 3.8) is 0 Å². The molecular formula is C20H26N2O2. The number of hydrogen-bond donors (Lipinski definition) is 2. The first-order chi connectivity index (χ1) is 11.3. The molecule has 0 spiro atoms. The molecule has 0 amide bonds. The van der Waals surface area contributed by atoms with E-state index in [4.69, 9.17) is 0 Å². The maximum absolute atomic E-state index is 9.94. The first-order valence-electron chi connectivity index (χ1n) is 7.96. The Morgan fingerprint density at radius 3 is 1.42 bits per heavy atom. The average Bonchev–Trinajstić information content (AvgIpc) is 2.50. The number of hydrogen-bond acceptors (Lipinski definition) is 4. The molecule has 2 N–H and O–H groups in total. The summed E-state index contributed by atoms with van der Waals surface area (Å²) in [5.74, 6) is 0.637. The van der Waals surface area contributed by atoms with Gasteiger partial charge in [0.15, 0.2) is 0 Å². The molecule has 0 aromatic heterocycles. The van der Waals surface area contributed by atoms with Crippen LogP contribution in [0.25, 0.3) is 12.2 Å². The average molecular weight is 326 g/mol. The van der Waals surface area contributed by atoms with Gasteiger partial charge in [-0.1, -0.05) is 24.3 Å². The van der Waals surface area contributed by atoms with Gasteiger partial charge in [0, 0.05) is 24.2 Å². The van der Waals surface area contributed by atoms with Crippen LogP contribution in [0.1, 0.15) is 22.3 Å². The fourth-order valence-electron chi connectivity index (χ4n) is 2.55. The van der Waals surface area contributed by atoms with Gasteiger partial charge in [-0.3, -0.25) is 0 Å². The van der Waals surface area contributed by atoms with Crippen LogP contribution in [0.3, 0.4) is 0 Å². The smallest absolute Gasteiger partial charge is 0.120 e. The lowest BCUT2D eigenvalue weighted by Crippen LogP contribution is -2.10. The molecule has 0 radical (unpaired) electrons. The molecule has 0 bridgehead atoms. The lowest BCUT2D eigenvalue weighted by molar-refractivity contribution is 0.386. The first kappa shape index (κ1) is 18.0. The summed E-state index contributed by atoms with van der Waals surface area (Å²) in [6.45, 7) is 1.39. The van der Waals surface area contributed by atoms with E-state index < -0.39 is 0 Å². The van der Waals surface area contributed by atoms with Crippen LogP contribution in [0.4, 0.5) is 0 Å². The van der Waals surface area contributed by atoms with Gasteiger partial charge in [-0.15, -0.1) is 0 Å². The second-order valence-corrected chi connectivity index (χ2v) is 6.59. The maximum Gasteiger partial charge on any atom is 0.120 e. The zero-order valence-corrected chi connectivity index (χ0v) is 14.8. The van der Waals surface area contributed by atoms with E-state index >= 15 is 0 Å². The Balaban J connectivity index is 2.21. The molecule has 0 saturated heterocycles. The highest BCUT2D eigenvalue weighted by molar-refractivity contribution is 5.71. The van der Waals surface area contributed by atoms with Crippen molar-refractivity contribution >= 4 is 12.2 Å². The molecule has 24 heavy (non-hydrogen) atoms. The highest BCUT2D eigenvalue weighted by Crippen LogP contribution is 2.23. The Kier molecular flexibility index (Phi) is 6.01. The largest absolute Gasteiger partial charge is 0.508 e. The van der Waals surface area contributed by atoms with Crippen molar-refractivity contribution in [2.45, 2.75) is 13.1 Å². The number of rotatable bonds is 6. The van der Waals surface area contributed by atoms with Crippen LogP contribution >= 0.6 is 0 Å². The standard InChI is InChI=1S/C20H26N2O2/c1-21(2)13-17-11-15(7-9-19(17)23)5-6-16-8-10-20(24)18(12-16)14-22(3)4/h5-12,23-24H,13-14H2,1-4H3/b6-5-. The molecule has 4 nitrogen and oxygen atoms in total.